The van der Waals surface area contributed by atoms with Crippen LogP contribution in [0.3, 0.4) is 0 Å². The lowest BCUT2D eigenvalue weighted by molar-refractivity contribution is 0.00578. The minimum absolute atomic E-state index is 0.162. The molecule has 0 saturated carbocycles. The van der Waals surface area contributed by atoms with Crippen LogP contribution in [-0.4, -0.2) is 18.3 Å². The van der Waals surface area contributed by atoms with Crippen molar-refractivity contribution in [3.05, 3.63) is 29.6 Å². The van der Waals surface area contributed by atoms with E-state index in [-0.39, 0.29) is 11.7 Å². The lowest BCUT2D eigenvalue weighted by Crippen LogP contribution is -2.41. The fourth-order valence-electron chi connectivity index (χ4n) is 1.80. The summed E-state index contributed by atoms with van der Waals surface area (Å²) in [5, 5.41) is 0. The van der Waals surface area contributed by atoms with Crippen molar-refractivity contribution in [1.82, 2.24) is 0 Å². The Bertz CT molecular complexity index is 446. The van der Waals surface area contributed by atoms with E-state index in [0.29, 0.717) is 11.0 Å². The van der Waals surface area contributed by atoms with Crippen LogP contribution in [0.2, 0.25) is 0 Å². The summed E-state index contributed by atoms with van der Waals surface area (Å²) in [4.78, 5) is 0. The molecule has 0 unspecified atom stereocenters. The molecule has 1 saturated heterocycles. The molecule has 1 heterocycles. The molecule has 0 atom stereocenters. The molecule has 0 amide bonds. The molecule has 0 bridgehead atoms. The summed E-state index contributed by atoms with van der Waals surface area (Å²) < 4.78 is 25.4. The van der Waals surface area contributed by atoms with Crippen LogP contribution < -0.4 is 5.46 Å². The van der Waals surface area contributed by atoms with Crippen LogP contribution in [0.25, 0.3) is 0 Å². The van der Waals surface area contributed by atoms with Crippen LogP contribution in [0.1, 0.15) is 33.3 Å². The number of alkyl halides is 1. The van der Waals surface area contributed by atoms with Gasteiger partial charge in [0, 0.05) is 5.56 Å². The summed E-state index contributed by atoms with van der Waals surface area (Å²) in [6, 6.07) is 4.89. The molecule has 2 nitrogen and oxygen atoms in total. The van der Waals surface area contributed by atoms with Gasteiger partial charge in [-0.2, -0.15) is 0 Å². The van der Waals surface area contributed by atoms with Gasteiger partial charge in [-0.1, -0.05) is 12.1 Å². The van der Waals surface area contributed by atoms with Crippen molar-refractivity contribution in [2.45, 2.75) is 44.8 Å². The molecule has 0 radical (unpaired) electrons. The van der Waals surface area contributed by atoms with Crippen LogP contribution in [0.4, 0.5) is 4.39 Å². The van der Waals surface area contributed by atoms with Crippen LogP contribution in [0, 0.1) is 5.82 Å². The maximum Gasteiger partial charge on any atom is 0.494 e. The Morgan fingerprint density at radius 3 is 2.17 bits per heavy atom. The topological polar surface area (TPSA) is 18.5 Å². The van der Waals surface area contributed by atoms with Crippen molar-refractivity contribution in [1.29, 1.82) is 0 Å². The van der Waals surface area contributed by atoms with Gasteiger partial charge < -0.3 is 9.31 Å². The molecule has 1 aromatic rings. The molecular weight excluding hydrogens is 253 g/mol. The predicted octanol–water partition coefficient (Wildman–Crippen LogP) is 2.86. The van der Waals surface area contributed by atoms with Crippen molar-refractivity contribution >= 4 is 24.2 Å². The molecular formula is C13H17BClFO2. The Kier molecular flexibility index (Phi) is 3.47. The first-order valence-electron chi connectivity index (χ1n) is 5.97. The van der Waals surface area contributed by atoms with Gasteiger partial charge in [0.1, 0.15) is 5.82 Å². The van der Waals surface area contributed by atoms with Crippen molar-refractivity contribution < 1.29 is 13.7 Å². The van der Waals surface area contributed by atoms with E-state index in [2.05, 4.69) is 0 Å². The zero-order valence-electron chi connectivity index (χ0n) is 11.1. The summed E-state index contributed by atoms with van der Waals surface area (Å²) in [5.41, 5.74) is 0.329. The van der Waals surface area contributed by atoms with Crippen LogP contribution in [0.15, 0.2) is 18.2 Å². The minimum Gasteiger partial charge on any atom is -0.399 e. The highest BCUT2D eigenvalue weighted by Gasteiger charge is 2.51. The van der Waals surface area contributed by atoms with Gasteiger partial charge in [0.15, 0.2) is 0 Å². The smallest absolute Gasteiger partial charge is 0.399 e. The second kappa shape index (κ2) is 4.51. The second-order valence-electron chi connectivity index (χ2n) is 5.57. The quantitative estimate of drug-likeness (QED) is 0.608. The first-order chi connectivity index (χ1) is 8.27. The maximum atomic E-state index is 13.7. The SMILES string of the molecule is CC1(C)OB(c2ccc(CCl)c(F)c2)OC1(C)C. The monoisotopic (exact) mass is 270 g/mol. The molecule has 18 heavy (non-hydrogen) atoms. The molecule has 0 spiro atoms. The Balaban J connectivity index is 2.27. The van der Waals surface area contributed by atoms with E-state index >= 15 is 0 Å². The number of hydrogen-bond acceptors (Lipinski definition) is 2. The second-order valence-corrected chi connectivity index (χ2v) is 5.84. The van der Waals surface area contributed by atoms with Gasteiger partial charge in [-0.3, -0.25) is 0 Å². The number of halogens is 2. The molecule has 0 aromatic heterocycles. The van der Waals surface area contributed by atoms with E-state index in [0.717, 1.165) is 0 Å². The van der Waals surface area contributed by atoms with Gasteiger partial charge in [0.05, 0.1) is 17.1 Å². The minimum atomic E-state index is -0.533. The highest BCUT2D eigenvalue weighted by Crippen LogP contribution is 2.36. The highest BCUT2D eigenvalue weighted by atomic mass is 35.5. The van der Waals surface area contributed by atoms with E-state index in [9.17, 15) is 4.39 Å². The van der Waals surface area contributed by atoms with E-state index in [1.54, 1.807) is 12.1 Å². The van der Waals surface area contributed by atoms with Crippen LogP contribution in [0.5, 0.6) is 0 Å². The van der Waals surface area contributed by atoms with Crippen molar-refractivity contribution in [2.75, 3.05) is 0 Å². The normalized spacial score (nSPS) is 21.3. The summed E-state index contributed by atoms with van der Waals surface area (Å²) >= 11 is 5.63. The molecule has 1 fully saturated rings. The highest BCUT2D eigenvalue weighted by molar-refractivity contribution is 6.62. The largest absolute Gasteiger partial charge is 0.494 e. The molecule has 0 aliphatic carbocycles. The fourth-order valence-corrected chi connectivity index (χ4v) is 2.01. The van der Waals surface area contributed by atoms with E-state index in [1.165, 1.54) is 6.07 Å². The molecule has 1 aromatic carbocycles. The number of benzene rings is 1. The molecule has 5 heteroatoms. The van der Waals surface area contributed by atoms with Crippen LogP contribution in [-0.2, 0) is 15.2 Å². The molecule has 98 valence electrons. The summed E-state index contributed by atoms with van der Waals surface area (Å²) in [6.45, 7) is 7.87. The van der Waals surface area contributed by atoms with Gasteiger partial charge in [-0.25, -0.2) is 4.39 Å². The lowest BCUT2D eigenvalue weighted by atomic mass is 9.79. The predicted molar refractivity (Wildman–Crippen MR) is 71.7 cm³/mol. The van der Waals surface area contributed by atoms with Gasteiger partial charge in [-0.15, -0.1) is 11.6 Å². The van der Waals surface area contributed by atoms with Gasteiger partial charge in [0.2, 0.25) is 0 Å². The fraction of sp³-hybridized carbons (Fsp3) is 0.538. The molecule has 1 aliphatic heterocycles. The van der Waals surface area contributed by atoms with Gasteiger partial charge >= 0.3 is 7.12 Å². The first-order valence-corrected chi connectivity index (χ1v) is 6.50. The first kappa shape index (κ1) is 13.8. The van der Waals surface area contributed by atoms with Gasteiger partial charge in [-0.05, 0) is 39.2 Å². The number of rotatable bonds is 2. The third kappa shape index (κ3) is 2.29. The third-order valence-corrected chi connectivity index (χ3v) is 4.03. The Morgan fingerprint density at radius 2 is 1.72 bits per heavy atom. The average molecular weight is 271 g/mol. The van der Waals surface area contributed by atoms with Crippen molar-refractivity contribution in [3.8, 4) is 0 Å². The average Bonchev–Trinajstić information content (AvgIpc) is 2.48. The van der Waals surface area contributed by atoms with E-state index < -0.39 is 18.3 Å². The molecule has 2 rings (SSSR count). The zero-order valence-corrected chi connectivity index (χ0v) is 11.8. The van der Waals surface area contributed by atoms with E-state index in [1.807, 2.05) is 27.7 Å². The molecule has 0 N–H and O–H groups in total. The zero-order chi connectivity index (χ0) is 13.6. The van der Waals surface area contributed by atoms with E-state index in [4.69, 9.17) is 20.9 Å². The Hall–Kier alpha value is -0.575. The standard InChI is InChI=1S/C13H17BClFO2/c1-12(2)13(3,4)18-14(17-12)10-6-5-9(8-15)11(16)7-10/h5-7H,8H2,1-4H3. The van der Waals surface area contributed by atoms with Crippen molar-refractivity contribution in [2.24, 2.45) is 0 Å². The Morgan fingerprint density at radius 1 is 1.17 bits per heavy atom. The Labute approximate surface area is 113 Å². The summed E-state index contributed by atoms with van der Waals surface area (Å²) in [7, 11) is -0.533. The molecule has 1 aliphatic rings. The lowest BCUT2D eigenvalue weighted by Gasteiger charge is -2.32. The third-order valence-electron chi connectivity index (χ3n) is 3.75. The van der Waals surface area contributed by atoms with Crippen LogP contribution >= 0.6 is 11.6 Å². The summed E-state index contributed by atoms with van der Waals surface area (Å²) in [6.07, 6.45) is 0. The van der Waals surface area contributed by atoms with Gasteiger partial charge in [0.25, 0.3) is 0 Å². The number of hydrogen-bond donors (Lipinski definition) is 0. The maximum absolute atomic E-state index is 13.7. The van der Waals surface area contributed by atoms with Crippen molar-refractivity contribution in [3.63, 3.8) is 0 Å². The summed E-state index contributed by atoms with van der Waals surface area (Å²) in [5.74, 6) is -0.160.